The van der Waals surface area contributed by atoms with Gasteiger partial charge in [-0.05, 0) is 31.9 Å². The lowest BCUT2D eigenvalue weighted by Crippen LogP contribution is -2.36. The Morgan fingerprint density at radius 2 is 1.96 bits per heavy atom. The second-order valence-electron chi connectivity index (χ2n) is 7.16. The lowest BCUT2D eigenvalue weighted by molar-refractivity contribution is -0.102. The smallest absolute Gasteiger partial charge is 0.180 e. The standard InChI is InChI=1S/C22H26N2O3/c1-4-5-13-26-20-17-11-12-24-15(3)14(2)23-22(24)21(17)27-19(18(20)25)16-9-7-6-8-10-16/h6-12,18-20,25H,4-5,13H2,1-3H3/t18-,19-,20-/m1/s1. The largest absolute Gasteiger partial charge is 0.479 e. The molecule has 2 aromatic heterocycles. The number of fused-ring (bicyclic) bond motifs is 3. The van der Waals surface area contributed by atoms with Gasteiger partial charge in [0.2, 0.25) is 0 Å². The molecule has 0 radical (unpaired) electrons. The molecule has 3 aromatic rings. The summed E-state index contributed by atoms with van der Waals surface area (Å²) in [7, 11) is 0. The van der Waals surface area contributed by atoms with Gasteiger partial charge >= 0.3 is 0 Å². The van der Waals surface area contributed by atoms with Crippen LogP contribution in [0.2, 0.25) is 0 Å². The molecule has 27 heavy (non-hydrogen) atoms. The maximum absolute atomic E-state index is 11.1. The van der Waals surface area contributed by atoms with Crippen molar-refractivity contribution in [3.05, 3.63) is 65.1 Å². The summed E-state index contributed by atoms with van der Waals surface area (Å²) < 4.78 is 14.5. The van der Waals surface area contributed by atoms with Crippen LogP contribution >= 0.6 is 0 Å². The van der Waals surface area contributed by atoms with E-state index < -0.39 is 18.3 Å². The van der Waals surface area contributed by atoms with Crippen molar-refractivity contribution in [1.29, 1.82) is 0 Å². The number of aliphatic hydroxyl groups excluding tert-OH is 1. The molecule has 0 aliphatic carbocycles. The Morgan fingerprint density at radius 1 is 1.19 bits per heavy atom. The average molecular weight is 366 g/mol. The minimum Gasteiger partial charge on any atom is -0.479 e. The molecule has 1 aliphatic heterocycles. The van der Waals surface area contributed by atoms with E-state index in [1.807, 2.05) is 60.8 Å². The second kappa shape index (κ2) is 7.33. The molecule has 4 rings (SSSR count). The van der Waals surface area contributed by atoms with Gasteiger partial charge in [0, 0.05) is 24.1 Å². The number of nitrogens with zero attached hydrogens (tertiary/aromatic N) is 2. The van der Waals surface area contributed by atoms with Crippen LogP contribution in [-0.2, 0) is 4.74 Å². The Morgan fingerprint density at radius 3 is 2.70 bits per heavy atom. The molecule has 0 amide bonds. The van der Waals surface area contributed by atoms with Crippen LogP contribution in [-0.4, -0.2) is 27.2 Å². The summed E-state index contributed by atoms with van der Waals surface area (Å²) in [6, 6.07) is 11.8. The van der Waals surface area contributed by atoms with Gasteiger partial charge in [-0.1, -0.05) is 43.7 Å². The van der Waals surface area contributed by atoms with Crippen molar-refractivity contribution < 1.29 is 14.6 Å². The van der Waals surface area contributed by atoms with Crippen LogP contribution in [0.15, 0.2) is 42.6 Å². The summed E-state index contributed by atoms with van der Waals surface area (Å²) in [4.78, 5) is 4.71. The first-order valence-electron chi connectivity index (χ1n) is 9.61. The van der Waals surface area contributed by atoms with Gasteiger partial charge in [0.1, 0.15) is 12.2 Å². The van der Waals surface area contributed by atoms with Gasteiger partial charge in [-0.25, -0.2) is 4.98 Å². The minimum atomic E-state index is -0.781. The SMILES string of the molecule is CCCCO[C@@H]1c2ccn3c(C)c(C)nc3c2O[C@H](c2ccccc2)[C@H]1O. The molecule has 1 N–H and O–H groups in total. The molecule has 0 saturated carbocycles. The number of aliphatic hydroxyl groups is 1. The van der Waals surface area contributed by atoms with Crippen molar-refractivity contribution in [3.63, 3.8) is 0 Å². The predicted octanol–water partition coefficient (Wildman–Crippen LogP) is 4.30. The van der Waals surface area contributed by atoms with Crippen molar-refractivity contribution >= 4 is 5.65 Å². The molecule has 0 bridgehead atoms. The molecule has 0 unspecified atom stereocenters. The first-order valence-corrected chi connectivity index (χ1v) is 9.61. The fraction of sp³-hybridized carbons (Fsp3) is 0.409. The van der Waals surface area contributed by atoms with Crippen LogP contribution in [0.3, 0.4) is 0 Å². The van der Waals surface area contributed by atoms with Gasteiger partial charge < -0.3 is 19.0 Å². The fourth-order valence-electron chi connectivity index (χ4n) is 3.66. The van der Waals surface area contributed by atoms with Crippen LogP contribution in [0.4, 0.5) is 0 Å². The van der Waals surface area contributed by atoms with Crippen molar-refractivity contribution in [1.82, 2.24) is 9.38 Å². The molecule has 0 saturated heterocycles. The van der Waals surface area contributed by atoms with Crippen molar-refractivity contribution in [3.8, 4) is 5.75 Å². The number of aryl methyl sites for hydroxylation is 2. The van der Waals surface area contributed by atoms with Gasteiger partial charge in [0.25, 0.3) is 0 Å². The molecule has 0 fully saturated rings. The van der Waals surface area contributed by atoms with Gasteiger partial charge in [0.15, 0.2) is 17.5 Å². The number of hydrogen-bond acceptors (Lipinski definition) is 4. The highest BCUT2D eigenvalue weighted by Gasteiger charge is 2.40. The highest BCUT2D eigenvalue weighted by Crippen LogP contribution is 2.45. The summed E-state index contributed by atoms with van der Waals surface area (Å²) in [5.74, 6) is 0.703. The van der Waals surface area contributed by atoms with Crippen LogP contribution in [0.25, 0.3) is 5.65 Å². The third-order valence-electron chi connectivity index (χ3n) is 5.35. The first kappa shape index (κ1) is 18.0. The van der Waals surface area contributed by atoms with E-state index in [0.717, 1.165) is 41.0 Å². The monoisotopic (exact) mass is 366 g/mol. The summed E-state index contributed by atoms with van der Waals surface area (Å²) >= 11 is 0. The molecule has 5 heteroatoms. The summed E-state index contributed by atoms with van der Waals surface area (Å²) in [5.41, 5.74) is 4.63. The zero-order chi connectivity index (χ0) is 19.0. The number of unbranched alkanes of at least 4 members (excludes halogenated alkanes) is 1. The average Bonchev–Trinajstić information content (AvgIpc) is 2.98. The molecule has 5 nitrogen and oxygen atoms in total. The number of imidazole rings is 1. The topological polar surface area (TPSA) is 56.0 Å². The fourth-order valence-corrected chi connectivity index (χ4v) is 3.66. The van der Waals surface area contributed by atoms with Gasteiger partial charge in [-0.3, -0.25) is 0 Å². The Kier molecular flexibility index (Phi) is 4.89. The normalized spacial score (nSPS) is 21.9. The molecule has 3 atom stereocenters. The molecule has 1 aromatic carbocycles. The van der Waals surface area contributed by atoms with Crippen LogP contribution in [0.5, 0.6) is 5.75 Å². The van der Waals surface area contributed by atoms with Crippen molar-refractivity contribution in [2.24, 2.45) is 0 Å². The molecule has 0 spiro atoms. The zero-order valence-electron chi connectivity index (χ0n) is 16.1. The first-order chi connectivity index (χ1) is 13.1. The number of pyridine rings is 1. The third-order valence-corrected chi connectivity index (χ3v) is 5.35. The van der Waals surface area contributed by atoms with Gasteiger partial charge in [0.05, 0.1) is 5.69 Å². The Labute approximate surface area is 159 Å². The minimum absolute atomic E-state index is 0.437. The molecular formula is C22H26N2O3. The lowest BCUT2D eigenvalue weighted by Gasteiger charge is -2.37. The molecule has 1 aliphatic rings. The second-order valence-corrected chi connectivity index (χ2v) is 7.16. The number of rotatable bonds is 5. The Bertz CT molecular complexity index is 936. The van der Waals surface area contributed by atoms with E-state index in [9.17, 15) is 5.11 Å². The number of hydrogen-bond donors (Lipinski definition) is 1. The highest BCUT2D eigenvalue weighted by molar-refractivity contribution is 5.62. The third kappa shape index (κ3) is 3.11. The van der Waals surface area contributed by atoms with E-state index in [1.165, 1.54) is 0 Å². The number of ether oxygens (including phenoxy) is 2. The van der Waals surface area contributed by atoms with Crippen LogP contribution in [0, 0.1) is 13.8 Å². The summed E-state index contributed by atoms with van der Waals surface area (Å²) in [6.45, 7) is 6.78. The van der Waals surface area contributed by atoms with Gasteiger partial charge in [-0.15, -0.1) is 0 Å². The Hall–Kier alpha value is -2.37. The maximum atomic E-state index is 11.1. The predicted molar refractivity (Wildman–Crippen MR) is 104 cm³/mol. The highest BCUT2D eigenvalue weighted by atomic mass is 16.5. The molecule has 142 valence electrons. The van der Waals surface area contributed by atoms with Crippen LogP contribution in [0.1, 0.15) is 54.5 Å². The Balaban J connectivity index is 1.82. The molecular weight excluding hydrogens is 340 g/mol. The lowest BCUT2D eigenvalue weighted by atomic mass is 9.92. The van der Waals surface area contributed by atoms with Crippen LogP contribution < -0.4 is 4.74 Å². The van der Waals surface area contributed by atoms with E-state index in [-0.39, 0.29) is 0 Å². The van der Waals surface area contributed by atoms with Crippen molar-refractivity contribution in [2.45, 2.75) is 51.9 Å². The number of aromatic nitrogens is 2. The number of benzene rings is 1. The quantitative estimate of drug-likeness (QED) is 0.684. The maximum Gasteiger partial charge on any atom is 0.180 e. The van der Waals surface area contributed by atoms with E-state index in [0.29, 0.717) is 12.4 Å². The van der Waals surface area contributed by atoms with E-state index in [2.05, 4.69) is 6.92 Å². The molecule has 3 heterocycles. The van der Waals surface area contributed by atoms with Crippen molar-refractivity contribution in [2.75, 3.05) is 6.61 Å². The zero-order valence-corrected chi connectivity index (χ0v) is 16.1. The van der Waals surface area contributed by atoms with E-state index in [1.54, 1.807) is 0 Å². The summed E-state index contributed by atoms with van der Waals surface area (Å²) in [6.07, 6.45) is 2.28. The van der Waals surface area contributed by atoms with E-state index in [4.69, 9.17) is 14.5 Å². The summed E-state index contributed by atoms with van der Waals surface area (Å²) in [5, 5.41) is 11.1. The van der Waals surface area contributed by atoms with Gasteiger partial charge in [-0.2, -0.15) is 0 Å². The van der Waals surface area contributed by atoms with E-state index >= 15 is 0 Å².